The van der Waals surface area contributed by atoms with Gasteiger partial charge >= 0.3 is 0 Å². The van der Waals surface area contributed by atoms with E-state index in [0.717, 1.165) is 25.9 Å². The highest BCUT2D eigenvalue weighted by molar-refractivity contribution is 5.85. The van der Waals surface area contributed by atoms with E-state index in [-0.39, 0.29) is 48.6 Å². The van der Waals surface area contributed by atoms with Gasteiger partial charge in [0.2, 0.25) is 5.91 Å². The average molecular weight is 293 g/mol. The summed E-state index contributed by atoms with van der Waals surface area (Å²) in [6.45, 7) is 5.66. The topological polar surface area (TPSA) is 59.6 Å². The molecule has 0 radical (unpaired) electrons. The minimum absolute atomic E-state index is 0. The summed E-state index contributed by atoms with van der Waals surface area (Å²) in [5, 5.41) is 6.34. The van der Waals surface area contributed by atoms with Crippen molar-refractivity contribution in [2.75, 3.05) is 20.2 Å². The van der Waals surface area contributed by atoms with Gasteiger partial charge in [0.25, 0.3) is 0 Å². The third kappa shape index (κ3) is 4.31. The molecule has 5 nitrogen and oxygen atoms in total. The third-order valence-corrected chi connectivity index (χ3v) is 3.86. The Bertz CT molecular complexity index is 294. The quantitative estimate of drug-likeness (QED) is 0.804. The van der Waals surface area contributed by atoms with Gasteiger partial charge in [-0.1, -0.05) is 0 Å². The van der Waals surface area contributed by atoms with Crippen LogP contribution in [-0.4, -0.2) is 50.5 Å². The molecule has 2 rings (SSSR count). The molecule has 4 atom stereocenters. The number of halogens is 1. The second kappa shape index (κ2) is 7.43. The molecule has 0 bridgehead atoms. The van der Waals surface area contributed by atoms with Crippen LogP contribution < -0.4 is 10.6 Å². The van der Waals surface area contributed by atoms with Crippen molar-refractivity contribution < 1.29 is 14.3 Å². The first-order valence-corrected chi connectivity index (χ1v) is 6.79. The summed E-state index contributed by atoms with van der Waals surface area (Å²) in [5.74, 6) is 0.217. The molecule has 0 saturated carbocycles. The summed E-state index contributed by atoms with van der Waals surface area (Å²) in [4.78, 5) is 12.3. The Morgan fingerprint density at radius 3 is 2.47 bits per heavy atom. The highest BCUT2D eigenvalue weighted by Crippen LogP contribution is 2.25. The highest BCUT2D eigenvalue weighted by Gasteiger charge is 2.33. The van der Waals surface area contributed by atoms with E-state index in [9.17, 15) is 4.79 Å². The Hall–Kier alpha value is -0.360. The standard InChI is InChI=1S/C13H24N2O3.ClH/c1-8-4-10(5-9(2)18-8)13(16)15-11-6-14-7-12(11)17-3;/h8-12,14H,4-7H2,1-3H3,(H,15,16);1H. The molecule has 6 heteroatoms. The van der Waals surface area contributed by atoms with Crippen LogP contribution in [0.15, 0.2) is 0 Å². The van der Waals surface area contributed by atoms with Crippen molar-refractivity contribution in [3.8, 4) is 0 Å². The summed E-state index contributed by atoms with van der Waals surface area (Å²) in [7, 11) is 1.69. The maximum atomic E-state index is 12.3. The van der Waals surface area contributed by atoms with Gasteiger partial charge in [-0.05, 0) is 26.7 Å². The van der Waals surface area contributed by atoms with Crippen molar-refractivity contribution in [3.63, 3.8) is 0 Å². The Labute approximate surface area is 121 Å². The lowest BCUT2D eigenvalue weighted by atomic mass is 9.91. The number of amides is 1. The van der Waals surface area contributed by atoms with Gasteiger partial charge in [-0.25, -0.2) is 0 Å². The monoisotopic (exact) mass is 292 g/mol. The van der Waals surface area contributed by atoms with Gasteiger partial charge in [0.15, 0.2) is 0 Å². The molecule has 0 spiro atoms. The molecule has 4 unspecified atom stereocenters. The van der Waals surface area contributed by atoms with Crippen LogP contribution in [0.3, 0.4) is 0 Å². The fraction of sp³-hybridized carbons (Fsp3) is 0.923. The molecule has 0 aromatic rings. The molecule has 0 aromatic carbocycles. The van der Waals surface area contributed by atoms with Crippen molar-refractivity contribution in [1.82, 2.24) is 10.6 Å². The Kier molecular flexibility index (Phi) is 6.53. The highest BCUT2D eigenvalue weighted by atomic mass is 35.5. The summed E-state index contributed by atoms with van der Waals surface area (Å²) < 4.78 is 11.0. The fourth-order valence-corrected chi connectivity index (χ4v) is 2.97. The lowest BCUT2D eigenvalue weighted by molar-refractivity contribution is -0.134. The first-order valence-electron chi connectivity index (χ1n) is 6.79. The number of methoxy groups -OCH3 is 1. The van der Waals surface area contributed by atoms with Gasteiger partial charge in [0, 0.05) is 26.1 Å². The molecule has 0 aromatic heterocycles. The number of rotatable bonds is 3. The Morgan fingerprint density at radius 1 is 1.26 bits per heavy atom. The van der Waals surface area contributed by atoms with E-state index in [0.29, 0.717) is 0 Å². The second-order valence-electron chi connectivity index (χ2n) is 5.47. The van der Waals surface area contributed by atoms with Gasteiger partial charge in [0.1, 0.15) is 0 Å². The van der Waals surface area contributed by atoms with Gasteiger partial charge in [0.05, 0.1) is 24.4 Å². The molecule has 2 heterocycles. The van der Waals surface area contributed by atoms with Crippen LogP contribution in [0.25, 0.3) is 0 Å². The molecule has 1 amide bonds. The van der Waals surface area contributed by atoms with E-state index >= 15 is 0 Å². The molecular weight excluding hydrogens is 268 g/mol. The Morgan fingerprint density at radius 2 is 1.89 bits per heavy atom. The average Bonchev–Trinajstić information content (AvgIpc) is 2.75. The van der Waals surface area contributed by atoms with E-state index in [1.807, 2.05) is 13.8 Å². The smallest absolute Gasteiger partial charge is 0.223 e. The van der Waals surface area contributed by atoms with Gasteiger partial charge < -0.3 is 20.1 Å². The normalized spacial score (nSPS) is 38.6. The second-order valence-corrected chi connectivity index (χ2v) is 5.47. The molecule has 112 valence electrons. The number of nitrogens with one attached hydrogen (secondary N) is 2. The minimum Gasteiger partial charge on any atom is -0.378 e. The predicted molar refractivity (Wildman–Crippen MR) is 75.6 cm³/mol. The number of carbonyl (C=O) groups excluding carboxylic acids is 1. The summed E-state index contributed by atoms with van der Waals surface area (Å²) in [6, 6.07) is 0.0935. The SMILES string of the molecule is COC1CNCC1NC(=O)C1CC(C)OC(C)C1.Cl. The maximum absolute atomic E-state index is 12.3. The minimum atomic E-state index is 0. The van der Waals surface area contributed by atoms with E-state index in [4.69, 9.17) is 9.47 Å². The van der Waals surface area contributed by atoms with Gasteiger partial charge in [-0.2, -0.15) is 0 Å². The van der Waals surface area contributed by atoms with Gasteiger partial charge in [-0.15, -0.1) is 12.4 Å². The molecule has 2 N–H and O–H groups in total. The largest absolute Gasteiger partial charge is 0.378 e. The predicted octanol–water partition coefficient (Wildman–Crippen LogP) is 0.715. The first-order chi connectivity index (χ1) is 8.60. The van der Waals surface area contributed by atoms with Crippen LogP contribution in [-0.2, 0) is 14.3 Å². The van der Waals surface area contributed by atoms with E-state index in [1.165, 1.54) is 0 Å². The molecule has 2 aliphatic heterocycles. The molecule has 2 aliphatic rings. The first kappa shape index (κ1) is 16.7. The zero-order chi connectivity index (χ0) is 13.1. The fourth-order valence-electron chi connectivity index (χ4n) is 2.97. The van der Waals surface area contributed by atoms with Crippen molar-refractivity contribution in [3.05, 3.63) is 0 Å². The van der Waals surface area contributed by atoms with E-state index in [1.54, 1.807) is 7.11 Å². The molecule has 19 heavy (non-hydrogen) atoms. The zero-order valence-electron chi connectivity index (χ0n) is 11.8. The maximum Gasteiger partial charge on any atom is 0.223 e. The van der Waals surface area contributed by atoms with E-state index in [2.05, 4.69) is 10.6 Å². The number of ether oxygens (including phenoxy) is 2. The van der Waals surface area contributed by atoms with Crippen LogP contribution in [0.4, 0.5) is 0 Å². The molecular formula is C13H25ClN2O3. The summed E-state index contributed by atoms with van der Waals surface area (Å²) in [5.41, 5.74) is 0. The number of hydrogen-bond acceptors (Lipinski definition) is 4. The van der Waals surface area contributed by atoms with Gasteiger partial charge in [-0.3, -0.25) is 4.79 Å². The molecule has 2 saturated heterocycles. The van der Waals surface area contributed by atoms with Crippen LogP contribution in [0.5, 0.6) is 0 Å². The van der Waals surface area contributed by atoms with Crippen molar-refractivity contribution in [1.29, 1.82) is 0 Å². The molecule has 0 aliphatic carbocycles. The van der Waals surface area contributed by atoms with Crippen LogP contribution in [0.2, 0.25) is 0 Å². The third-order valence-electron chi connectivity index (χ3n) is 3.86. The number of hydrogen-bond donors (Lipinski definition) is 2. The summed E-state index contributed by atoms with van der Waals surface area (Å²) in [6.07, 6.45) is 2.06. The van der Waals surface area contributed by atoms with Crippen LogP contribution in [0.1, 0.15) is 26.7 Å². The number of carbonyl (C=O) groups is 1. The van der Waals surface area contributed by atoms with Crippen molar-refractivity contribution >= 4 is 18.3 Å². The van der Waals surface area contributed by atoms with Crippen LogP contribution >= 0.6 is 12.4 Å². The van der Waals surface area contributed by atoms with Crippen molar-refractivity contribution in [2.24, 2.45) is 5.92 Å². The lowest BCUT2D eigenvalue weighted by Crippen LogP contribution is -2.48. The van der Waals surface area contributed by atoms with Crippen molar-refractivity contribution in [2.45, 2.75) is 51.0 Å². The lowest BCUT2D eigenvalue weighted by Gasteiger charge is -2.32. The molecule has 2 fully saturated rings. The van der Waals surface area contributed by atoms with E-state index < -0.39 is 0 Å². The van der Waals surface area contributed by atoms with Crippen LogP contribution in [0, 0.1) is 5.92 Å². The summed E-state index contributed by atoms with van der Waals surface area (Å²) >= 11 is 0. The zero-order valence-corrected chi connectivity index (χ0v) is 12.7. The Balaban J connectivity index is 0.00000180.